The van der Waals surface area contributed by atoms with Gasteiger partial charge < -0.3 is 10.6 Å². The molecule has 0 aromatic carbocycles. The minimum absolute atomic E-state index is 0.513. The number of hydrogen-bond donors (Lipinski definition) is 2. The maximum absolute atomic E-state index is 4.39. The Morgan fingerprint density at radius 3 is 1.68 bits per heavy atom. The van der Waals surface area contributed by atoms with Crippen molar-refractivity contribution in [2.75, 3.05) is 0 Å². The highest BCUT2D eigenvalue weighted by atomic mass is 15.0. The molecule has 2 heterocycles. The van der Waals surface area contributed by atoms with Crippen LogP contribution in [0.5, 0.6) is 0 Å². The highest BCUT2D eigenvalue weighted by Gasteiger charge is 2.24. The molecule has 0 radical (unpaired) electrons. The summed E-state index contributed by atoms with van der Waals surface area (Å²) in [4.78, 5) is 8.78. The maximum atomic E-state index is 4.39. The first kappa shape index (κ1) is 15.1. The van der Waals surface area contributed by atoms with E-state index in [0.29, 0.717) is 12.1 Å². The van der Waals surface area contributed by atoms with Crippen molar-refractivity contribution in [3.8, 4) is 0 Å². The van der Waals surface area contributed by atoms with Crippen molar-refractivity contribution in [2.45, 2.75) is 50.9 Å². The van der Waals surface area contributed by atoms with E-state index in [1.165, 1.54) is 25.7 Å². The minimum atomic E-state index is 0.513. The fourth-order valence-corrected chi connectivity index (χ4v) is 3.10. The Hall–Kier alpha value is -1.78. The van der Waals surface area contributed by atoms with E-state index in [1.54, 1.807) is 0 Å². The van der Waals surface area contributed by atoms with Gasteiger partial charge >= 0.3 is 0 Å². The molecule has 4 nitrogen and oxygen atoms in total. The van der Waals surface area contributed by atoms with Gasteiger partial charge in [-0.05, 0) is 37.1 Å². The molecular weight excluding hydrogens is 272 g/mol. The number of nitrogens with zero attached hydrogens (tertiary/aromatic N) is 2. The van der Waals surface area contributed by atoms with E-state index in [-0.39, 0.29) is 0 Å². The van der Waals surface area contributed by atoms with Gasteiger partial charge in [0.1, 0.15) is 0 Å². The van der Waals surface area contributed by atoms with Crippen molar-refractivity contribution in [2.24, 2.45) is 0 Å². The van der Waals surface area contributed by atoms with Crippen LogP contribution in [0.3, 0.4) is 0 Å². The van der Waals surface area contributed by atoms with E-state index in [1.807, 2.05) is 36.7 Å². The standard InChI is InChI=1S/C18H24N4/c1-2-10-18(22-14-16-8-4-6-12-20-16)17(9-1)21-13-15-7-3-5-11-19-15/h3-8,11-12,17-18,21-22H,1-2,9-10,13-14H2. The van der Waals surface area contributed by atoms with E-state index >= 15 is 0 Å². The van der Waals surface area contributed by atoms with Gasteiger partial charge in [-0.25, -0.2) is 0 Å². The van der Waals surface area contributed by atoms with Gasteiger partial charge in [0.05, 0.1) is 11.4 Å². The van der Waals surface area contributed by atoms with E-state index in [4.69, 9.17) is 0 Å². The van der Waals surface area contributed by atoms with E-state index in [2.05, 4.69) is 32.7 Å². The zero-order chi connectivity index (χ0) is 15.0. The summed E-state index contributed by atoms with van der Waals surface area (Å²) >= 11 is 0. The lowest BCUT2D eigenvalue weighted by atomic mass is 9.90. The van der Waals surface area contributed by atoms with E-state index in [0.717, 1.165) is 24.5 Å². The number of aromatic nitrogens is 2. The van der Waals surface area contributed by atoms with Gasteiger partial charge in [-0.2, -0.15) is 0 Å². The van der Waals surface area contributed by atoms with Crippen LogP contribution in [-0.4, -0.2) is 22.1 Å². The van der Waals surface area contributed by atoms with E-state index in [9.17, 15) is 0 Å². The predicted octanol–water partition coefficient (Wildman–Crippen LogP) is 2.67. The molecule has 0 amide bonds. The van der Waals surface area contributed by atoms with Crippen LogP contribution >= 0.6 is 0 Å². The van der Waals surface area contributed by atoms with Crippen LogP contribution in [0.4, 0.5) is 0 Å². The first-order chi connectivity index (χ1) is 10.9. The van der Waals surface area contributed by atoms with Crippen LogP contribution in [-0.2, 0) is 13.1 Å². The Balaban J connectivity index is 1.52. The van der Waals surface area contributed by atoms with Gasteiger partial charge in [0.15, 0.2) is 0 Å². The third-order valence-corrected chi connectivity index (χ3v) is 4.31. The van der Waals surface area contributed by atoms with Gasteiger partial charge in [0.25, 0.3) is 0 Å². The molecule has 0 aliphatic heterocycles. The number of hydrogen-bond acceptors (Lipinski definition) is 4. The molecule has 3 rings (SSSR count). The Bertz CT molecular complexity index is 492. The molecular formula is C18H24N4. The predicted molar refractivity (Wildman–Crippen MR) is 88.2 cm³/mol. The molecule has 0 bridgehead atoms. The molecule has 1 aliphatic carbocycles. The van der Waals surface area contributed by atoms with Crippen LogP contribution in [0.1, 0.15) is 37.1 Å². The average molecular weight is 296 g/mol. The molecule has 1 aliphatic rings. The molecule has 2 atom stereocenters. The molecule has 22 heavy (non-hydrogen) atoms. The lowest BCUT2D eigenvalue weighted by Crippen LogP contribution is -2.49. The first-order valence-corrected chi connectivity index (χ1v) is 8.18. The summed E-state index contributed by atoms with van der Waals surface area (Å²) in [6.07, 6.45) is 8.78. The van der Waals surface area contributed by atoms with Crippen LogP contribution in [0.25, 0.3) is 0 Å². The van der Waals surface area contributed by atoms with Gasteiger partial charge in [-0.3, -0.25) is 9.97 Å². The van der Waals surface area contributed by atoms with Crippen molar-refractivity contribution in [3.05, 3.63) is 60.2 Å². The molecule has 2 N–H and O–H groups in total. The first-order valence-electron chi connectivity index (χ1n) is 8.18. The lowest BCUT2D eigenvalue weighted by molar-refractivity contribution is 0.280. The Morgan fingerprint density at radius 2 is 1.27 bits per heavy atom. The smallest absolute Gasteiger partial charge is 0.0541 e. The Kier molecular flexibility index (Phi) is 5.51. The third kappa shape index (κ3) is 4.36. The summed E-state index contributed by atoms with van der Waals surface area (Å²) in [6.45, 7) is 1.68. The minimum Gasteiger partial charge on any atom is -0.307 e. The van der Waals surface area contributed by atoms with Gasteiger partial charge in [-0.1, -0.05) is 25.0 Å². The largest absolute Gasteiger partial charge is 0.307 e. The molecule has 0 saturated heterocycles. The van der Waals surface area contributed by atoms with Gasteiger partial charge in [-0.15, -0.1) is 0 Å². The monoisotopic (exact) mass is 296 g/mol. The van der Waals surface area contributed by atoms with Gasteiger partial charge in [0, 0.05) is 37.6 Å². The van der Waals surface area contributed by atoms with E-state index < -0.39 is 0 Å². The summed E-state index contributed by atoms with van der Waals surface area (Å²) in [5, 5.41) is 7.36. The molecule has 0 spiro atoms. The summed E-state index contributed by atoms with van der Waals surface area (Å²) in [7, 11) is 0. The lowest BCUT2D eigenvalue weighted by Gasteiger charge is -2.33. The second-order valence-electron chi connectivity index (χ2n) is 5.90. The van der Waals surface area contributed by atoms with Crippen molar-refractivity contribution in [3.63, 3.8) is 0 Å². The summed E-state index contributed by atoms with van der Waals surface area (Å²) in [5.41, 5.74) is 2.22. The van der Waals surface area contributed by atoms with Gasteiger partial charge in [0.2, 0.25) is 0 Å². The summed E-state index contributed by atoms with van der Waals surface area (Å²) in [6, 6.07) is 13.2. The second-order valence-corrected chi connectivity index (χ2v) is 5.90. The zero-order valence-corrected chi connectivity index (χ0v) is 12.9. The highest BCUT2D eigenvalue weighted by molar-refractivity contribution is 5.05. The molecule has 1 saturated carbocycles. The Morgan fingerprint density at radius 1 is 0.773 bits per heavy atom. The number of pyridine rings is 2. The second kappa shape index (κ2) is 8.01. The molecule has 116 valence electrons. The molecule has 1 fully saturated rings. The van der Waals surface area contributed by atoms with Crippen molar-refractivity contribution >= 4 is 0 Å². The highest BCUT2D eigenvalue weighted by Crippen LogP contribution is 2.19. The Labute approximate surface area is 132 Å². The average Bonchev–Trinajstić information content (AvgIpc) is 2.61. The topological polar surface area (TPSA) is 49.8 Å². The number of rotatable bonds is 6. The summed E-state index contributed by atoms with van der Waals surface area (Å²) in [5.74, 6) is 0. The molecule has 2 aromatic rings. The van der Waals surface area contributed by atoms with Crippen LogP contribution in [0.15, 0.2) is 48.8 Å². The van der Waals surface area contributed by atoms with Crippen LogP contribution in [0, 0.1) is 0 Å². The summed E-state index contributed by atoms with van der Waals surface area (Å²) < 4.78 is 0. The number of nitrogens with one attached hydrogen (secondary N) is 2. The fourth-order valence-electron chi connectivity index (χ4n) is 3.10. The van der Waals surface area contributed by atoms with Crippen LogP contribution < -0.4 is 10.6 Å². The quantitative estimate of drug-likeness (QED) is 0.860. The zero-order valence-electron chi connectivity index (χ0n) is 12.9. The SMILES string of the molecule is c1ccc(CNC2CCCCC2NCc2ccccn2)nc1. The van der Waals surface area contributed by atoms with Crippen LogP contribution in [0.2, 0.25) is 0 Å². The fraction of sp³-hybridized carbons (Fsp3) is 0.444. The van der Waals surface area contributed by atoms with Crippen molar-refractivity contribution in [1.29, 1.82) is 0 Å². The normalized spacial score (nSPS) is 21.6. The van der Waals surface area contributed by atoms with Crippen molar-refractivity contribution in [1.82, 2.24) is 20.6 Å². The maximum Gasteiger partial charge on any atom is 0.0541 e. The molecule has 2 unspecified atom stereocenters. The third-order valence-electron chi connectivity index (χ3n) is 4.31. The van der Waals surface area contributed by atoms with Crippen molar-refractivity contribution < 1.29 is 0 Å². The molecule has 2 aromatic heterocycles. The molecule has 4 heteroatoms.